The van der Waals surface area contributed by atoms with Crippen LogP contribution in [0.3, 0.4) is 0 Å². The lowest BCUT2D eigenvalue weighted by atomic mass is 10.1. The van der Waals surface area contributed by atoms with Crippen molar-refractivity contribution in [2.45, 2.75) is 13.3 Å². The number of hydrogen-bond donors (Lipinski definition) is 2. The highest BCUT2D eigenvalue weighted by Gasteiger charge is 2.14. The Labute approximate surface area is 155 Å². The van der Waals surface area contributed by atoms with Crippen molar-refractivity contribution in [3.63, 3.8) is 0 Å². The van der Waals surface area contributed by atoms with Gasteiger partial charge in [-0.1, -0.05) is 30.3 Å². The summed E-state index contributed by atoms with van der Waals surface area (Å²) < 4.78 is 5.62. The molecule has 0 bridgehead atoms. The van der Waals surface area contributed by atoms with Crippen molar-refractivity contribution in [1.29, 1.82) is 0 Å². The minimum atomic E-state index is -0.943. The molecule has 0 radical (unpaired) electrons. The van der Waals surface area contributed by atoms with Gasteiger partial charge in [0.1, 0.15) is 5.76 Å². The molecule has 0 atom stereocenters. The second-order valence-corrected chi connectivity index (χ2v) is 6.03. The number of hydrogen-bond acceptors (Lipinski definition) is 4. The van der Waals surface area contributed by atoms with Gasteiger partial charge in [-0.15, -0.1) is 0 Å². The molecule has 6 heteroatoms. The van der Waals surface area contributed by atoms with Crippen LogP contribution >= 0.6 is 0 Å². The molecule has 1 aromatic heterocycles. The first-order valence-electron chi connectivity index (χ1n) is 8.25. The summed E-state index contributed by atoms with van der Waals surface area (Å²) in [5, 5.41) is 11.5. The van der Waals surface area contributed by atoms with Crippen molar-refractivity contribution in [1.82, 2.24) is 0 Å². The summed E-state index contributed by atoms with van der Waals surface area (Å²) in [7, 11) is 0. The van der Waals surface area contributed by atoms with Gasteiger partial charge in [0.2, 0.25) is 0 Å². The molecule has 0 aliphatic heterocycles. The average Bonchev–Trinajstić information content (AvgIpc) is 3.12. The van der Waals surface area contributed by atoms with Gasteiger partial charge < -0.3 is 14.8 Å². The van der Waals surface area contributed by atoms with Gasteiger partial charge in [0, 0.05) is 16.8 Å². The summed E-state index contributed by atoms with van der Waals surface area (Å²) in [5.74, 6) is -0.856. The van der Waals surface area contributed by atoms with Crippen molar-refractivity contribution in [2.75, 3.05) is 5.32 Å². The molecule has 2 N–H and O–H groups in total. The summed E-state index contributed by atoms with van der Waals surface area (Å²) in [4.78, 5) is 34.7. The molecule has 3 aromatic rings. The van der Waals surface area contributed by atoms with Crippen LogP contribution in [0, 0.1) is 0 Å². The Bertz CT molecular complexity index is 1020. The molecule has 0 saturated carbocycles. The number of nitrogens with one attached hydrogen (secondary N) is 1. The van der Waals surface area contributed by atoms with Gasteiger partial charge in [-0.05, 0) is 42.8 Å². The molecule has 136 valence electrons. The van der Waals surface area contributed by atoms with Crippen molar-refractivity contribution < 1.29 is 23.9 Å². The van der Waals surface area contributed by atoms with E-state index in [1.807, 2.05) is 0 Å². The minimum absolute atomic E-state index is 0.0531. The molecular weight excluding hydrogens is 346 g/mol. The Kier molecular flexibility index (Phi) is 5.17. The standard InChI is InChI=1S/C21H17NO5/c1-13(23)15-5-3-6-16(12-15)18-8-9-19(27-18)21(26)22-17-7-2-4-14(10-17)11-20(24)25/h2-10,12H,11H2,1H3,(H,22,26)(H,24,25). The zero-order valence-corrected chi connectivity index (χ0v) is 14.6. The maximum atomic E-state index is 12.4. The fraction of sp³-hybridized carbons (Fsp3) is 0.0952. The summed E-state index contributed by atoms with van der Waals surface area (Å²) in [6.07, 6.45) is -0.124. The van der Waals surface area contributed by atoms with E-state index >= 15 is 0 Å². The number of aliphatic carboxylic acids is 1. The van der Waals surface area contributed by atoms with Crippen LogP contribution in [0.1, 0.15) is 33.4 Å². The molecule has 6 nitrogen and oxygen atoms in total. The number of carbonyl (C=O) groups excluding carboxylic acids is 2. The van der Waals surface area contributed by atoms with Gasteiger partial charge in [-0.2, -0.15) is 0 Å². The van der Waals surface area contributed by atoms with E-state index in [0.29, 0.717) is 28.1 Å². The predicted molar refractivity (Wildman–Crippen MR) is 99.9 cm³/mol. The molecule has 3 rings (SSSR count). The molecule has 0 spiro atoms. The van der Waals surface area contributed by atoms with Gasteiger partial charge in [-0.3, -0.25) is 14.4 Å². The zero-order chi connectivity index (χ0) is 19.4. The summed E-state index contributed by atoms with van der Waals surface area (Å²) in [6.45, 7) is 1.48. The number of Topliss-reactive ketones (excluding diaryl/α,β-unsaturated/α-hetero) is 1. The SMILES string of the molecule is CC(=O)c1cccc(-c2ccc(C(=O)Nc3cccc(CC(=O)O)c3)o2)c1. The van der Waals surface area contributed by atoms with Crippen LogP contribution in [0.25, 0.3) is 11.3 Å². The Morgan fingerprint density at radius 2 is 1.78 bits per heavy atom. The third-order valence-electron chi connectivity index (χ3n) is 3.92. The van der Waals surface area contributed by atoms with E-state index in [1.165, 1.54) is 6.92 Å². The van der Waals surface area contributed by atoms with E-state index in [2.05, 4.69) is 5.32 Å². The van der Waals surface area contributed by atoms with Crippen LogP contribution in [0.15, 0.2) is 65.1 Å². The molecule has 0 aliphatic rings. The normalized spacial score (nSPS) is 10.4. The number of benzene rings is 2. The number of furan rings is 1. The third kappa shape index (κ3) is 4.49. The number of anilines is 1. The minimum Gasteiger partial charge on any atom is -0.481 e. The molecule has 1 amide bonds. The molecule has 0 saturated heterocycles. The van der Waals surface area contributed by atoms with Crippen LogP contribution in [0.2, 0.25) is 0 Å². The number of ketones is 1. The van der Waals surface area contributed by atoms with Crippen molar-refractivity contribution in [3.8, 4) is 11.3 Å². The molecule has 1 heterocycles. The first-order chi connectivity index (χ1) is 12.9. The monoisotopic (exact) mass is 363 g/mol. The number of carboxylic acids is 1. The quantitative estimate of drug-likeness (QED) is 0.645. The van der Waals surface area contributed by atoms with E-state index in [0.717, 1.165) is 0 Å². The van der Waals surface area contributed by atoms with E-state index < -0.39 is 11.9 Å². The van der Waals surface area contributed by atoms with Crippen molar-refractivity contribution >= 4 is 23.3 Å². The third-order valence-corrected chi connectivity index (χ3v) is 3.92. The van der Waals surface area contributed by atoms with E-state index in [4.69, 9.17) is 9.52 Å². The van der Waals surface area contributed by atoms with Gasteiger partial charge in [0.05, 0.1) is 6.42 Å². The first kappa shape index (κ1) is 18.1. The summed E-state index contributed by atoms with van der Waals surface area (Å²) in [5.41, 5.74) is 2.33. The topological polar surface area (TPSA) is 96.6 Å². The lowest BCUT2D eigenvalue weighted by Crippen LogP contribution is -2.11. The van der Waals surface area contributed by atoms with Crippen molar-refractivity contribution in [2.24, 2.45) is 0 Å². The largest absolute Gasteiger partial charge is 0.481 e. The van der Waals surface area contributed by atoms with Gasteiger partial charge in [0.25, 0.3) is 5.91 Å². The van der Waals surface area contributed by atoms with E-state index in [-0.39, 0.29) is 18.0 Å². The van der Waals surface area contributed by atoms with Crippen LogP contribution in [-0.4, -0.2) is 22.8 Å². The number of amides is 1. The first-order valence-corrected chi connectivity index (χ1v) is 8.25. The number of rotatable bonds is 6. The molecule has 0 unspecified atom stereocenters. The number of carbonyl (C=O) groups is 3. The fourth-order valence-electron chi connectivity index (χ4n) is 2.63. The highest BCUT2D eigenvalue weighted by atomic mass is 16.4. The molecule has 0 fully saturated rings. The Balaban J connectivity index is 1.76. The van der Waals surface area contributed by atoms with Gasteiger partial charge in [0.15, 0.2) is 11.5 Å². The lowest BCUT2D eigenvalue weighted by Gasteiger charge is -2.05. The molecule has 0 aliphatic carbocycles. The highest BCUT2D eigenvalue weighted by molar-refractivity contribution is 6.02. The van der Waals surface area contributed by atoms with Crippen LogP contribution < -0.4 is 5.32 Å². The summed E-state index contributed by atoms with van der Waals surface area (Å²) >= 11 is 0. The zero-order valence-electron chi connectivity index (χ0n) is 14.6. The Hall–Kier alpha value is -3.67. The molecular formula is C21H17NO5. The van der Waals surface area contributed by atoms with Crippen LogP contribution in [-0.2, 0) is 11.2 Å². The van der Waals surface area contributed by atoms with Crippen LogP contribution in [0.4, 0.5) is 5.69 Å². The second-order valence-electron chi connectivity index (χ2n) is 6.03. The summed E-state index contributed by atoms with van der Waals surface area (Å²) in [6, 6.07) is 16.8. The maximum absolute atomic E-state index is 12.4. The lowest BCUT2D eigenvalue weighted by molar-refractivity contribution is -0.136. The van der Waals surface area contributed by atoms with Gasteiger partial charge >= 0.3 is 5.97 Å². The fourth-order valence-corrected chi connectivity index (χ4v) is 2.63. The highest BCUT2D eigenvalue weighted by Crippen LogP contribution is 2.24. The molecule has 27 heavy (non-hydrogen) atoms. The molecule has 2 aromatic carbocycles. The van der Waals surface area contributed by atoms with E-state index in [9.17, 15) is 14.4 Å². The Morgan fingerprint density at radius 1 is 1.00 bits per heavy atom. The van der Waals surface area contributed by atoms with Crippen molar-refractivity contribution in [3.05, 3.63) is 77.6 Å². The number of carboxylic acid groups (broad SMARTS) is 1. The maximum Gasteiger partial charge on any atom is 0.307 e. The van der Waals surface area contributed by atoms with Crippen LogP contribution in [0.5, 0.6) is 0 Å². The van der Waals surface area contributed by atoms with Gasteiger partial charge in [-0.25, -0.2) is 0 Å². The average molecular weight is 363 g/mol. The second kappa shape index (κ2) is 7.70. The predicted octanol–water partition coefficient (Wildman–Crippen LogP) is 4.03. The smallest absolute Gasteiger partial charge is 0.307 e. The van der Waals surface area contributed by atoms with E-state index in [1.54, 1.807) is 60.7 Å². The Morgan fingerprint density at radius 3 is 2.52 bits per heavy atom.